The Morgan fingerprint density at radius 2 is 1.73 bits per heavy atom. The maximum atomic E-state index is 11.5. The molecule has 1 N–H and O–H groups in total. The normalized spacial score (nSPS) is 16.3. The van der Waals surface area contributed by atoms with Crippen molar-refractivity contribution < 1.29 is 14.6 Å². The predicted molar refractivity (Wildman–Crippen MR) is 60.4 cm³/mol. The minimum atomic E-state index is -0.239. The summed E-state index contributed by atoms with van der Waals surface area (Å²) in [6.07, 6.45) is -0.239. The first-order valence-corrected chi connectivity index (χ1v) is 5.51. The van der Waals surface area contributed by atoms with Gasteiger partial charge in [-0.05, 0) is 5.41 Å². The minimum absolute atomic E-state index is 0.0345. The fraction of sp³-hybridized carbons (Fsp3) is 0.917. The Morgan fingerprint density at radius 1 is 1.27 bits per heavy atom. The number of carbonyl (C=O) groups is 1. The van der Waals surface area contributed by atoms with Gasteiger partial charge in [0.25, 0.3) is 0 Å². The van der Waals surface area contributed by atoms with Crippen molar-refractivity contribution in [2.75, 3.05) is 6.61 Å². The number of ether oxygens (including phenoxy) is 1. The zero-order valence-electron chi connectivity index (χ0n) is 10.7. The van der Waals surface area contributed by atoms with Gasteiger partial charge in [-0.3, -0.25) is 4.79 Å². The Balaban J connectivity index is 4.60. The van der Waals surface area contributed by atoms with Crippen LogP contribution in [0.4, 0.5) is 0 Å². The summed E-state index contributed by atoms with van der Waals surface area (Å²) in [5, 5.41) is 9.13. The molecule has 0 fully saturated rings. The molecular formula is C12H24O3. The van der Waals surface area contributed by atoms with E-state index in [1.54, 1.807) is 0 Å². The standard InChI is InChI=1S/C12H24O3/c1-8(2)11(14)15-10(9(3)7-13)12(4,5)6/h8-10,13H,7H2,1-6H3/t9-,10-/m0/s1. The van der Waals surface area contributed by atoms with Crippen molar-refractivity contribution in [1.29, 1.82) is 0 Å². The molecule has 0 aliphatic heterocycles. The van der Waals surface area contributed by atoms with Crippen LogP contribution >= 0.6 is 0 Å². The van der Waals surface area contributed by atoms with Crippen LogP contribution in [0.3, 0.4) is 0 Å². The molecule has 0 heterocycles. The van der Waals surface area contributed by atoms with Crippen LogP contribution in [0.25, 0.3) is 0 Å². The van der Waals surface area contributed by atoms with E-state index >= 15 is 0 Å². The number of carbonyl (C=O) groups excluding carboxylic acids is 1. The highest BCUT2D eigenvalue weighted by molar-refractivity contribution is 5.71. The highest BCUT2D eigenvalue weighted by Gasteiger charge is 2.33. The average molecular weight is 216 g/mol. The number of rotatable bonds is 4. The number of aliphatic hydroxyl groups is 1. The molecule has 0 rings (SSSR count). The summed E-state index contributed by atoms with van der Waals surface area (Å²) in [4.78, 5) is 11.5. The minimum Gasteiger partial charge on any atom is -0.461 e. The van der Waals surface area contributed by atoms with Gasteiger partial charge in [-0.15, -0.1) is 0 Å². The van der Waals surface area contributed by atoms with Crippen molar-refractivity contribution in [3.8, 4) is 0 Å². The molecule has 2 atom stereocenters. The first-order valence-electron chi connectivity index (χ1n) is 5.51. The van der Waals surface area contributed by atoms with Gasteiger partial charge in [-0.25, -0.2) is 0 Å². The smallest absolute Gasteiger partial charge is 0.308 e. The lowest BCUT2D eigenvalue weighted by atomic mass is 9.82. The maximum absolute atomic E-state index is 11.5. The molecule has 0 radical (unpaired) electrons. The molecule has 0 aliphatic rings. The van der Waals surface area contributed by atoms with Crippen LogP contribution in [0.15, 0.2) is 0 Å². The van der Waals surface area contributed by atoms with Crippen LogP contribution < -0.4 is 0 Å². The lowest BCUT2D eigenvalue weighted by Gasteiger charge is -2.34. The zero-order valence-corrected chi connectivity index (χ0v) is 10.7. The second-order valence-corrected chi connectivity index (χ2v) is 5.54. The largest absolute Gasteiger partial charge is 0.461 e. The highest BCUT2D eigenvalue weighted by atomic mass is 16.5. The first-order chi connectivity index (χ1) is 6.70. The number of aliphatic hydroxyl groups excluding tert-OH is 1. The molecule has 0 aromatic rings. The Bertz CT molecular complexity index is 203. The Kier molecular flexibility index (Phi) is 5.29. The van der Waals surface area contributed by atoms with Gasteiger partial charge in [-0.1, -0.05) is 41.5 Å². The summed E-state index contributed by atoms with van der Waals surface area (Å²) in [5.74, 6) is -0.358. The number of hydrogen-bond acceptors (Lipinski definition) is 3. The zero-order chi connectivity index (χ0) is 12.2. The van der Waals surface area contributed by atoms with Gasteiger partial charge < -0.3 is 9.84 Å². The van der Waals surface area contributed by atoms with Crippen LogP contribution in [0.2, 0.25) is 0 Å². The van der Waals surface area contributed by atoms with Gasteiger partial charge in [0.15, 0.2) is 0 Å². The van der Waals surface area contributed by atoms with Crippen molar-refractivity contribution >= 4 is 5.97 Å². The van der Waals surface area contributed by atoms with Crippen LogP contribution in [0, 0.1) is 17.3 Å². The molecule has 0 amide bonds. The average Bonchev–Trinajstić information content (AvgIpc) is 2.10. The van der Waals surface area contributed by atoms with E-state index in [0.717, 1.165) is 0 Å². The third-order valence-electron chi connectivity index (χ3n) is 2.37. The SMILES string of the molecule is CC(C)C(=O)O[C@@H]([C@@H](C)CO)C(C)(C)C. The van der Waals surface area contributed by atoms with E-state index < -0.39 is 0 Å². The summed E-state index contributed by atoms with van der Waals surface area (Å²) in [7, 11) is 0. The van der Waals surface area contributed by atoms with Gasteiger partial charge >= 0.3 is 5.97 Å². The number of esters is 1. The van der Waals surface area contributed by atoms with E-state index in [1.807, 2.05) is 41.5 Å². The maximum Gasteiger partial charge on any atom is 0.308 e. The molecule has 0 bridgehead atoms. The van der Waals surface area contributed by atoms with Gasteiger partial charge in [0.2, 0.25) is 0 Å². The molecule has 0 saturated heterocycles. The molecule has 0 aromatic carbocycles. The summed E-state index contributed by atoms with van der Waals surface area (Å²) in [5.41, 5.74) is -0.146. The lowest BCUT2D eigenvalue weighted by Crippen LogP contribution is -2.39. The van der Waals surface area contributed by atoms with Crippen molar-refractivity contribution in [2.45, 2.75) is 47.6 Å². The summed E-state index contributed by atoms with van der Waals surface area (Å²) in [6.45, 7) is 11.6. The van der Waals surface area contributed by atoms with E-state index in [4.69, 9.17) is 9.84 Å². The highest BCUT2D eigenvalue weighted by Crippen LogP contribution is 2.28. The Labute approximate surface area is 92.8 Å². The quantitative estimate of drug-likeness (QED) is 0.733. The number of hydrogen-bond donors (Lipinski definition) is 1. The lowest BCUT2D eigenvalue weighted by molar-refractivity contribution is -0.163. The fourth-order valence-corrected chi connectivity index (χ4v) is 1.50. The monoisotopic (exact) mass is 216 g/mol. The Morgan fingerprint density at radius 3 is 2.00 bits per heavy atom. The molecule has 0 aromatic heterocycles. The molecule has 90 valence electrons. The topological polar surface area (TPSA) is 46.5 Å². The molecule has 0 saturated carbocycles. The summed E-state index contributed by atoms with van der Waals surface area (Å²) < 4.78 is 5.43. The third kappa shape index (κ3) is 4.65. The van der Waals surface area contributed by atoms with E-state index in [1.165, 1.54) is 0 Å². The second-order valence-electron chi connectivity index (χ2n) is 5.54. The van der Waals surface area contributed by atoms with E-state index in [-0.39, 0.29) is 35.9 Å². The van der Waals surface area contributed by atoms with Gasteiger partial charge in [-0.2, -0.15) is 0 Å². The summed E-state index contributed by atoms with van der Waals surface area (Å²) >= 11 is 0. The molecular weight excluding hydrogens is 192 g/mol. The summed E-state index contributed by atoms with van der Waals surface area (Å²) in [6, 6.07) is 0. The van der Waals surface area contributed by atoms with Crippen molar-refractivity contribution in [2.24, 2.45) is 17.3 Å². The van der Waals surface area contributed by atoms with Crippen LogP contribution in [0.1, 0.15) is 41.5 Å². The van der Waals surface area contributed by atoms with Gasteiger partial charge in [0.1, 0.15) is 6.10 Å². The predicted octanol–water partition coefficient (Wildman–Crippen LogP) is 2.23. The molecule has 3 nitrogen and oxygen atoms in total. The van der Waals surface area contributed by atoms with E-state index in [9.17, 15) is 4.79 Å². The molecule has 0 spiro atoms. The molecule has 0 unspecified atom stereocenters. The van der Waals surface area contributed by atoms with Crippen LogP contribution in [-0.2, 0) is 9.53 Å². The fourth-order valence-electron chi connectivity index (χ4n) is 1.50. The first kappa shape index (κ1) is 14.4. The van der Waals surface area contributed by atoms with Crippen molar-refractivity contribution in [3.05, 3.63) is 0 Å². The van der Waals surface area contributed by atoms with E-state index in [2.05, 4.69) is 0 Å². The molecule has 3 heteroatoms. The van der Waals surface area contributed by atoms with E-state index in [0.29, 0.717) is 0 Å². The Hall–Kier alpha value is -0.570. The second kappa shape index (κ2) is 5.50. The van der Waals surface area contributed by atoms with Crippen molar-refractivity contribution in [1.82, 2.24) is 0 Å². The van der Waals surface area contributed by atoms with Gasteiger partial charge in [0.05, 0.1) is 5.92 Å². The van der Waals surface area contributed by atoms with Crippen LogP contribution in [0.5, 0.6) is 0 Å². The third-order valence-corrected chi connectivity index (χ3v) is 2.37. The molecule has 15 heavy (non-hydrogen) atoms. The van der Waals surface area contributed by atoms with Gasteiger partial charge in [0, 0.05) is 12.5 Å². The van der Waals surface area contributed by atoms with Crippen LogP contribution in [-0.4, -0.2) is 23.8 Å². The molecule has 0 aliphatic carbocycles. The van der Waals surface area contributed by atoms with Crippen molar-refractivity contribution in [3.63, 3.8) is 0 Å².